The number of aromatic nitrogens is 2. The molecule has 0 radical (unpaired) electrons. The Morgan fingerprint density at radius 1 is 1.13 bits per heavy atom. The minimum atomic E-state index is -0.315. The van der Waals surface area contributed by atoms with E-state index in [1.54, 1.807) is 12.1 Å². The minimum Gasteiger partial charge on any atom is -0.368 e. The van der Waals surface area contributed by atoms with Gasteiger partial charge >= 0.3 is 0 Å². The van der Waals surface area contributed by atoms with Crippen molar-refractivity contribution in [1.82, 2.24) is 15.3 Å². The second-order valence-corrected chi connectivity index (χ2v) is 6.29. The molecule has 1 aromatic heterocycles. The molecule has 1 amide bonds. The number of rotatable bonds is 5. The van der Waals surface area contributed by atoms with Crippen LogP contribution >= 0.6 is 0 Å². The first-order valence-corrected chi connectivity index (χ1v) is 7.46. The van der Waals surface area contributed by atoms with Gasteiger partial charge in [-0.15, -0.1) is 0 Å². The van der Waals surface area contributed by atoms with Gasteiger partial charge in [-0.3, -0.25) is 4.79 Å². The van der Waals surface area contributed by atoms with Gasteiger partial charge in [0.2, 0.25) is 0 Å². The van der Waals surface area contributed by atoms with E-state index in [-0.39, 0.29) is 23.0 Å². The van der Waals surface area contributed by atoms with Crippen molar-refractivity contribution in [3.8, 4) is 0 Å². The predicted molar refractivity (Wildman–Crippen MR) is 87.8 cm³/mol. The van der Waals surface area contributed by atoms with Crippen molar-refractivity contribution in [3.05, 3.63) is 53.7 Å². The third kappa shape index (κ3) is 5.65. The first-order chi connectivity index (χ1) is 10.8. The molecule has 2 aromatic rings. The zero-order chi connectivity index (χ0) is 16.9. The molecule has 0 aliphatic rings. The standard InChI is InChI=1S/C17H21FN4O/c1-17(2,3)22-16(23)14-10-21-15(11-20-14)19-9-8-12-4-6-13(18)7-5-12/h4-7,10-11H,8-9H2,1-3H3,(H,19,21)(H,22,23). The maximum atomic E-state index is 12.8. The molecule has 1 heterocycles. The maximum absolute atomic E-state index is 12.8. The van der Waals surface area contributed by atoms with Gasteiger partial charge in [-0.05, 0) is 44.9 Å². The highest BCUT2D eigenvalue weighted by atomic mass is 19.1. The normalized spacial score (nSPS) is 11.1. The summed E-state index contributed by atoms with van der Waals surface area (Å²) in [5, 5.41) is 5.95. The van der Waals surface area contributed by atoms with Crippen molar-refractivity contribution in [2.45, 2.75) is 32.7 Å². The molecule has 0 fully saturated rings. The lowest BCUT2D eigenvalue weighted by molar-refractivity contribution is 0.0914. The fourth-order valence-electron chi connectivity index (χ4n) is 1.93. The van der Waals surface area contributed by atoms with Gasteiger partial charge in [0.15, 0.2) is 0 Å². The molecule has 0 aliphatic heterocycles. The molecule has 0 atom stereocenters. The zero-order valence-electron chi connectivity index (χ0n) is 13.6. The highest BCUT2D eigenvalue weighted by molar-refractivity contribution is 5.92. The summed E-state index contributed by atoms with van der Waals surface area (Å²) in [5.74, 6) is 0.110. The summed E-state index contributed by atoms with van der Waals surface area (Å²) in [6.07, 6.45) is 3.72. The minimum absolute atomic E-state index is 0.239. The van der Waals surface area contributed by atoms with E-state index in [1.165, 1.54) is 24.5 Å². The number of nitrogens with one attached hydrogen (secondary N) is 2. The number of halogens is 1. The van der Waals surface area contributed by atoms with Gasteiger partial charge in [-0.1, -0.05) is 12.1 Å². The van der Waals surface area contributed by atoms with Crippen molar-refractivity contribution in [2.75, 3.05) is 11.9 Å². The van der Waals surface area contributed by atoms with Crippen LogP contribution in [-0.4, -0.2) is 28.0 Å². The van der Waals surface area contributed by atoms with Gasteiger partial charge in [-0.2, -0.15) is 0 Å². The Labute approximate surface area is 135 Å². The Morgan fingerprint density at radius 2 is 1.83 bits per heavy atom. The molecule has 1 aromatic carbocycles. The van der Waals surface area contributed by atoms with Gasteiger partial charge < -0.3 is 10.6 Å². The summed E-state index contributed by atoms with van der Waals surface area (Å²) in [5.41, 5.74) is 1.00. The largest absolute Gasteiger partial charge is 0.368 e. The van der Waals surface area contributed by atoms with Crippen LogP contribution in [0, 0.1) is 5.82 Å². The van der Waals surface area contributed by atoms with Crippen molar-refractivity contribution in [3.63, 3.8) is 0 Å². The predicted octanol–water partition coefficient (Wildman–Crippen LogP) is 2.80. The second-order valence-electron chi connectivity index (χ2n) is 6.29. The average Bonchev–Trinajstić information content (AvgIpc) is 2.48. The van der Waals surface area contributed by atoms with Gasteiger partial charge in [-0.25, -0.2) is 14.4 Å². The van der Waals surface area contributed by atoms with E-state index in [0.29, 0.717) is 12.4 Å². The number of amides is 1. The van der Waals surface area contributed by atoms with Crippen molar-refractivity contribution >= 4 is 11.7 Å². The van der Waals surface area contributed by atoms with Crippen LogP contribution in [0.15, 0.2) is 36.7 Å². The highest BCUT2D eigenvalue weighted by Gasteiger charge is 2.16. The number of hydrogen-bond donors (Lipinski definition) is 2. The van der Waals surface area contributed by atoms with E-state index in [4.69, 9.17) is 0 Å². The molecule has 0 bridgehead atoms. The summed E-state index contributed by atoms with van der Waals surface area (Å²) in [7, 11) is 0. The Bertz CT molecular complexity index is 648. The topological polar surface area (TPSA) is 66.9 Å². The van der Waals surface area contributed by atoms with Crippen LogP contribution in [0.3, 0.4) is 0 Å². The number of hydrogen-bond acceptors (Lipinski definition) is 4. The molecule has 0 spiro atoms. The Morgan fingerprint density at radius 3 is 2.39 bits per heavy atom. The molecule has 23 heavy (non-hydrogen) atoms. The molecule has 2 N–H and O–H groups in total. The smallest absolute Gasteiger partial charge is 0.271 e. The van der Waals surface area contributed by atoms with Crippen molar-refractivity contribution in [2.24, 2.45) is 0 Å². The Kier molecular flexibility index (Phi) is 5.26. The first kappa shape index (κ1) is 16.9. The molecule has 5 nitrogen and oxygen atoms in total. The van der Waals surface area contributed by atoms with E-state index in [9.17, 15) is 9.18 Å². The number of carbonyl (C=O) groups excluding carboxylic acids is 1. The monoisotopic (exact) mass is 316 g/mol. The number of anilines is 1. The SMILES string of the molecule is CC(C)(C)NC(=O)c1cnc(NCCc2ccc(F)cc2)cn1. The lowest BCUT2D eigenvalue weighted by Crippen LogP contribution is -2.41. The van der Waals surface area contributed by atoms with E-state index in [0.717, 1.165) is 12.0 Å². The van der Waals surface area contributed by atoms with Crippen LogP contribution < -0.4 is 10.6 Å². The van der Waals surface area contributed by atoms with Crippen LogP contribution in [0.2, 0.25) is 0 Å². The Balaban J connectivity index is 1.85. The number of nitrogens with zero attached hydrogens (tertiary/aromatic N) is 2. The second kappa shape index (κ2) is 7.17. The quantitative estimate of drug-likeness (QED) is 0.890. The van der Waals surface area contributed by atoms with E-state index in [1.807, 2.05) is 20.8 Å². The highest BCUT2D eigenvalue weighted by Crippen LogP contribution is 2.06. The number of benzene rings is 1. The molecule has 6 heteroatoms. The van der Waals surface area contributed by atoms with Crippen LogP contribution in [0.4, 0.5) is 10.2 Å². The third-order valence-electron chi connectivity index (χ3n) is 3.01. The summed E-state index contributed by atoms with van der Waals surface area (Å²) in [6, 6.07) is 6.39. The summed E-state index contributed by atoms with van der Waals surface area (Å²) >= 11 is 0. The summed E-state index contributed by atoms with van der Waals surface area (Å²) in [4.78, 5) is 20.2. The lowest BCUT2D eigenvalue weighted by atomic mass is 10.1. The Hall–Kier alpha value is -2.50. The van der Waals surface area contributed by atoms with Crippen LogP contribution in [0.5, 0.6) is 0 Å². The van der Waals surface area contributed by atoms with Gasteiger partial charge in [0, 0.05) is 12.1 Å². The third-order valence-corrected chi connectivity index (χ3v) is 3.01. The maximum Gasteiger partial charge on any atom is 0.271 e. The molecule has 0 saturated carbocycles. The lowest BCUT2D eigenvalue weighted by Gasteiger charge is -2.19. The molecular weight excluding hydrogens is 295 g/mol. The van der Waals surface area contributed by atoms with E-state index in [2.05, 4.69) is 20.6 Å². The van der Waals surface area contributed by atoms with Crippen molar-refractivity contribution < 1.29 is 9.18 Å². The summed E-state index contributed by atoms with van der Waals surface area (Å²) < 4.78 is 12.8. The first-order valence-electron chi connectivity index (χ1n) is 7.46. The zero-order valence-corrected chi connectivity index (χ0v) is 13.6. The van der Waals surface area contributed by atoms with Crippen molar-refractivity contribution in [1.29, 1.82) is 0 Å². The molecule has 0 saturated heterocycles. The van der Waals surface area contributed by atoms with E-state index >= 15 is 0 Å². The van der Waals surface area contributed by atoms with Gasteiger partial charge in [0.05, 0.1) is 12.4 Å². The van der Waals surface area contributed by atoms with Gasteiger partial charge in [0.25, 0.3) is 5.91 Å². The van der Waals surface area contributed by atoms with Crippen LogP contribution in [0.1, 0.15) is 36.8 Å². The average molecular weight is 316 g/mol. The van der Waals surface area contributed by atoms with Crippen LogP contribution in [-0.2, 0) is 6.42 Å². The molecule has 122 valence electrons. The molecule has 0 unspecified atom stereocenters. The summed E-state index contributed by atoms with van der Waals surface area (Å²) in [6.45, 7) is 6.37. The van der Waals surface area contributed by atoms with Gasteiger partial charge in [0.1, 0.15) is 17.3 Å². The molecule has 0 aliphatic carbocycles. The fraction of sp³-hybridized carbons (Fsp3) is 0.353. The fourth-order valence-corrected chi connectivity index (χ4v) is 1.93. The molecule has 2 rings (SSSR count). The number of carbonyl (C=O) groups is 1. The van der Waals surface area contributed by atoms with E-state index < -0.39 is 0 Å². The van der Waals surface area contributed by atoms with Crippen LogP contribution in [0.25, 0.3) is 0 Å². The molecular formula is C17H21FN4O.